The van der Waals surface area contributed by atoms with Gasteiger partial charge in [0, 0.05) is 11.4 Å². The Bertz CT molecular complexity index is 477. The van der Waals surface area contributed by atoms with E-state index in [0.717, 1.165) is 12.1 Å². The van der Waals surface area contributed by atoms with Crippen LogP contribution in [-0.2, 0) is 6.18 Å². The first-order chi connectivity index (χ1) is 8.68. The summed E-state index contributed by atoms with van der Waals surface area (Å²) in [6.07, 6.45) is -4.16. The summed E-state index contributed by atoms with van der Waals surface area (Å²) >= 11 is 6.00. The number of halogens is 4. The molecule has 2 atom stereocenters. The van der Waals surface area contributed by atoms with Crippen molar-refractivity contribution >= 4 is 17.3 Å². The van der Waals surface area contributed by atoms with Gasteiger partial charge in [-0.1, -0.05) is 19.9 Å². The number of nitro benzene ring substituents is 1. The van der Waals surface area contributed by atoms with E-state index in [2.05, 4.69) is 0 Å². The third-order valence-corrected chi connectivity index (χ3v) is 3.67. The fourth-order valence-electron chi connectivity index (χ4n) is 1.79. The molecule has 1 aromatic carbocycles. The molecule has 0 amide bonds. The van der Waals surface area contributed by atoms with Crippen LogP contribution in [-0.4, -0.2) is 10.3 Å². The number of rotatable bonds is 4. The molecule has 0 bridgehead atoms. The molecule has 0 aliphatic rings. The molecule has 0 fully saturated rings. The van der Waals surface area contributed by atoms with E-state index in [9.17, 15) is 23.3 Å². The molecule has 106 valence electrons. The third-order valence-electron chi connectivity index (χ3n) is 2.98. The van der Waals surface area contributed by atoms with Gasteiger partial charge in [-0.3, -0.25) is 10.1 Å². The Balaban J connectivity index is 3.30. The summed E-state index contributed by atoms with van der Waals surface area (Å²) in [6, 6.07) is 3.02. The lowest BCUT2D eigenvalue weighted by atomic mass is 9.94. The van der Waals surface area contributed by atoms with E-state index in [-0.39, 0.29) is 11.3 Å². The highest BCUT2D eigenvalue weighted by atomic mass is 35.5. The van der Waals surface area contributed by atoms with Crippen molar-refractivity contribution in [1.82, 2.24) is 0 Å². The fraction of sp³-hybridized carbons (Fsp3) is 0.500. The van der Waals surface area contributed by atoms with Crippen LogP contribution in [0.25, 0.3) is 0 Å². The molecule has 2 unspecified atom stereocenters. The molecule has 0 radical (unpaired) electrons. The Kier molecular flexibility index (Phi) is 4.79. The summed E-state index contributed by atoms with van der Waals surface area (Å²) in [6.45, 7) is 3.52. The van der Waals surface area contributed by atoms with Crippen LogP contribution in [0.1, 0.15) is 37.3 Å². The Morgan fingerprint density at radius 3 is 2.42 bits per heavy atom. The molecule has 3 nitrogen and oxygen atoms in total. The zero-order chi connectivity index (χ0) is 14.8. The molecular weight excluding hydrogens is 283 g/mol. The van der Waals surface area contributed by atoms with Crippen LogP contribution >= 0.6 is 11.6 Å². The number of alkyl halides is 4. The van der Waals surface area contributed by atoms with Gasteiger partial charge in [0.2, 0.25) is 0 Å². The molecule has 1 rings (SSSR count). The molecular formula is C12H13ClF3NO2. The molecule has 0 heterocycles. The summed E-state index contributed by atoms with van der Waals surface area (Å²) in [5, 5.41) is 10.3. The zero-order valence-corrected chi connectivity index (χ0v) is 11.1. The molecule has 0 aliphatic carbocycles. The minimum absolute atomic E-state index is 0.312. The van der Waals surface area contributed by atoms with Crippen LogP contribution in [0.4, 0.5) is 18.9 Å². The van der Waals surface area contributed by atoms with Crippen molar-refractivity contribution in [3.05, 3.63) is 39.4 Å². The highest BCUT2D eigenvalue weighted by molar-refractivity contribution is 6.21. The first kappa shape index (κ1) is 15.8. The first-order valence-corrected chi connectivity index (χ1v) is 6.11. The van der Waals surface area contributed by atoms with E-state index in [0.29, 0.717) is 12.0 Å². The van der Waals surface area contributed by atoms with Crippen molar-refractivity contribution < 1.29 is 18.1 Å². The average Bonchev–Trinajstić information content (AvgIpc) is 2.35. The first-order valence-electron chi connectivity index (χ1n) is 5.68. The molecule has 0 N–H and O–H groups in total. The topological polar surface area (TPSA) is 43.1 Å². The smallest absolute Gasteiger partial charge is 0.258 e. The minimum atomic E-state index is -4.76. The van der Waals surface area contributed by atoms with Crippen LogP contribution in [0, 0.1) is 10.1 Å². The summed E-state index contributed by atoms with van der Waals surface area (Å²) in [7, 11) is 0. The molecule has 0 aromatic heterocycles. The van der Waals surface area contributed by atoms with E-state index in [1.807, 2.05) is 6.92 Å². The lowest BCUT2D eigenvalue weighted by Gasteiger charge is -2.18. The van der Waals surface area contributed by atoms with Gasteiger partial charge in [0.1, 0.15) is 5.56 Å². The zero-order valence-electron chi connectivity index (χ0n) is 10.4. The van der Waals surface area contributed by atoms with E-state index in [1.54, 1.807) is 6.92 Å². The predicted octanol–water partition coefficient (Wildman–Crippen LogP) is 4.73. The molecule has 0 saturated heterocycles. The van der Waals surface area contributed by atoms with Crippen LogP contribution < -0.4 is 0 Å². The van der Waals surface area contributed by atoms with E-state index in [1.165, 1.54) is 6.07 Å². The van der Waals surface area contributed by atoms with Crippen molar-refractivity contribution in [2.45, 2.75) is 37.7 Å². The SMILES string of the molecule is CCC(Cl)C(C)c1ccc([N+](=O)[O-])c(C(F)(F)F)c1. The molecule has 0 saturated carbocycles. The van der Waals surface area contributed by atoms with Crippen LogP contribution in [0.5, 0.6) is 0 Å². The van der Waals surface area contributed by atoms with Crippen molar-refractivity contribution in [3.8, 4) is 0 Å². The highest BCUT2D eigenvalue weighted by Crippen LogP contribution is 2.38. The number of nitro groups is 1. The van der Waals surface area contributed by atoms with Crippen molar-refractivity contribution in [2.75, 3.05) is 0 Å². The Hall–Kier alpha value is -1.30. The molecule has 19 heavy (non-hydrogen) atoms. The lowest BCUT2D eigenvalue weighted by Crippen LogP contribution is -2.13. The van der Waals surface area contributed by atoms with Gasteiger partial charge < -0.3 is 0 Å². The van der Waals surface area contributed by atoms with Crippen LogP contribution in [0.3, 0.4) is 0 Å². The van der Waals surface area contributed by atoms with E-state index >= 15 is 0 Å². The van der Waals surface area contributed by atoms with Gasteiger partial charge in [0.25, 0.3) is 5.69 Å². The summed E-state index contributed by atoms with van der Waals surface area (Å²) in [5.41, 5.74) is -1.83. The quantitative estimate of drug-likeness (QED) is 0.457. The molecule has 7 heteroatoms. The maximum Gasteiger partial charge on any atom is 0.423 e. The second-order valence-electron chi connectivity index (χ2n) is 4.24. The van der Waals surface area contributed by atoms with Gasteiger partial charge in [-0.15, -0.1) is 11.6 Å². The second-order valence-corrected chi connectivity index (χ2v) is 4.80. The summed E-state index contributed by atoms with van der Waals surface area (Å²) < 4.78 is 38.4. The predicted molar refractivity (Wildman–Crippen MR) is 66.4 cm³/mol. The largest absolute Gasteiger partial charge is 0.423 e. The van der Waals surface area contributed by atoms with Crippen molar-refractivity contribution in [3.63, 3.8) is 0 Å². The highest BCUT2D eigenvalue weighted by Gasteiger charge is 2.38. The molecule has 0 aliphatic heterocycles. The number of hydrogen-bond donors (Lipinski definition) is 0. The lowest BCUT2D eigenvalue weighted by molar-refractivity contribution is -0.388. The Morgan fingerprint density at radius 1 is 1.42 bits per heavy atom. The monoisotopic (exact) mass is 295 g/mol. The van der Waals surface area contributed by atoms with Gasteiger partial charge >= 0.3 is 6.18 Å². The van der Waals surface area contributed by atoms with Crippen LogP contribution in [0.15, 0.2) is 18.2 Å². The van der Waals surface area contributed by atoms with Crippen molar-refractivity contribution in [2.24, 2.45) is 0 Å². The second kappa shape index (κ2) is 5.77. The third kappa shape index (κ3) is 3.59. The van der Waals surface area contributed by atoms with E-state index < -0.39 is 22.4 Å². The fourth-order valence-corrected chi connectivity index (χ4v) is 1.93. The van der Waals surface area contributed by atoms with Gasteiger partial charge in [-0.2, -0.15) is 13.2 Å². The van der Waals surface area contributed by atoms with Crippen LogP contribution in [0.2, 0.25) is 0 Å². The number of hydrogen-bond acceptors (Lipinski definition) is 2. The maximum absolute atomic E-state index is 12.8. The minimum Gasteiger partial charge on any atom is -0.258 e. The summed E-state index contributed by atoms with van der Waals surface area (Å²) in [5.74, 6) is -0.312. The maximum atomic E-state index is 12.8. The van der Waals surface area contributed by atoms with Gasteiger partial charge in [0.05, 0.1) is 4.92 Å². The average molecular weight is 296 g/mol. The molecule has 0 spiro atoms. The number of nitrogens with zero attached hydrogens (tertiary/aromatic N) is 1. The molecule has 1 aromatic rings. The Morgan fingerprint density at radius 2 is 2.00 bits per heavy atom. The van der Waals surface area contributed by atoms with Crippen molar-refractivity contribution in [1.29, 1.82) is 0 Å². The van der Waals surface area contributed by atoms with Gasteiger partial charge in [-0.25, -0.2) is 0 Å². The summed E-state index contributed by atoms with van der Waals surface area (Å²) in [4.78, 5) is 9.59. The van der Waals surface area contributed by atoms with Gasteiger partial charge in [-0.05, 0) is 24.0 Å². The Labute approximate surface area is 113 Å². The van der Waals surface area contributed by atoms with E-state index in [4.69, 9.17) is 11.6 Å². The van der Waals surface area contributed by atoms with Gasteiger partial charge in [0.15, 0.2) is 0 Å². The standard InChI is InChI=1S/C12H13ClF3NO2/c1-3-10(13)7(2)8-4-5-11(17(18)19)9(6-8)12(14,15)16/h4-7,10H,3H2,1-2H3. The number of benzene rings is 1. The normalized spacial score (nSPS) is 15.1.